The normalized spacial score (nSPS) is 16.5. The Morgan fingerprint density at radius 3 is 2.68 bits per heavy atom. The third-order valence-corrected chi connectivity index (χ3v) is 4.91. The van der Waals surface area contributed by atoms with E-state index in [0.29, 0.717) is 6.61 Å². The summed E-state index contributed by atoms with van der Waals surface area (Å²) < 4.78 is 11.3. The van der Waals surface area contributed by atoms with Crippen molar-refractivity contribution in [2.45, 2.75) is 19.4 Å². The molecule has 1 N–H and O–H groups in total. The van der Waals surface area contributed by atoms with Gasteiger partial charge in [-0.15, -0.1) is 0 Å². The van der Waals surface area contributed by atoms with E-state index < -0.39 is 0 Å². The highest BCUT2D eigenvalue weighted by molar-refractivity contribution is 5.86. The number of rotatable bonds is 4. The third kappa shape index (κ3) is 2.85. The van der Waals surface area contributed by atoms with Crippen molar-refractivity contribution in [3.63, 3.8) is 0 Å². The molecule has 0 radical (unpaired) electrons. The molecule has 4 rings (SSSR count). The molecule has 0 aromatic heterocycles. The molecule has 25 heavy (non-hydrogen) atoms. The smallest absolute Gasteiger partial charge is 0.161 e. The molecule has 3 aromatic rings. The maximum Gasteiger partial charge on any atom is 0.161 e. The summed E-state index contributed by atoms with van der Waals surface area (Å²) in [6.07, 6.45) is 0.999. The van der Waals surface area contributed by atoms with Gasteiger partial charge in [-0.25, -0.2) is 0 Å². The van der Waals surface area contributed by atoms with E-state index in [2.05, 4.69) is 59.9 Å². The van der Waals surface area contributed by atoms with E-state index in [1.807, 2.05) is 6.92 Å². The van der Waals surface area contributed by atoms with E-state index in [1.165, 1.54) is 27.5 Å². The van der Waals surface area contributed by atoms with Crippen LogP contribution in [0.5, 0.6) is 11.5 Å². The van der Waals surface area contributed by atoms with Gasteiger partial charge in [-0.05, 0) is 52.9 Å². The molecule has 1 heterocycles. The molecule has 1 atom stereocenters. The topological polar surface area (TPSA) is 30.5 Å². The molecule has 0 spiro atoms. The summed E-state index contributed by atoms with van der Waals surface area (Å²) in [5.74, 6) is 1.64. The zero-order valence-electron chi connectivity index (χ0n) is 14.7. The van der Waals surface area contributed by atoms with E-state index in [-0.39, 0.29) is 6.04 Å². The van der Waals surface area contributed by atoms with E-state index in [9.17, 15) is 0 Å². The van der Waals surface area contributed by atoms with Gasteiger partial charge in [0.2, 0.25) is 0 Å². The zero-order valence-corrected chi connectivity index (χ0v) is 14.7. The van der Waals surface area contributed by atoms with Crippen molar-refractivity contribution in [2.75, 3.05) is 20.3 Å². The second-order valence-corrected chi connectivity index (χ2v) is 6.34. The molecule has 0 aliphatic carbocycles. The predicted octanol–water partition coefficient (Wildman–Crippen LogP) is 4.48. The average molecular weight is 333 g/mol. The van der Waals surface area contributed by atoms with Crippen LogP contribution >= 0.6 is 0 Å². The molecule has 0 saturated carbocycles. The highest BCUT2D eigenvalue weighted by Gasteiger charge is 2.25. The van der Waals surface area contributed by atoms with Crippen molar-refractivity contribution in [1.82, 2.24) is 5.32 Å². The lowest BCUT2D eigenvalue weighted by molar-refractivity contribution is 0.309. The molecule has 3 heteroatoms. The van der Waals surface area contributed by atoms with Gasteiger partial charge in [-0.3, -0.25) is 0 Å². The highest BCUT2D eigenvalue weighted by Crippen LogP contribution is 2.39. The maximum atomic E-state index is 5.81. The first-order valence-electron chi connectivity index (χ1n) is 8.86. The highest BCUT2D eigenvalue weighted by atomic mass is 16.5. The summed E-state index contributed by atoms with van der Waals surface area (Å²) in [7, 11) is 1.70. The van der Waals surface area contributed by atoms with Gasteiger partial charge in [-0.1, -0.05) is 42.5 Å². The molecular formula is C22H23NO2. The molecule has 3 nitrogen and oxygen atoms in total. The van der Waals surface area contributed by atoms with Crippen LogP contribution in [0.3, 0.4) is 0 Å². The van der Waals surface area contributed by atoms with Crippen LogP contribution in [0.4, 0.5) is 0 Å². The molecule has 1 aliphatic rings. The van der Waals surface area contributed by atoms with Crippen LogP contribution < -0.4 is 14.8 Å². The van der Waals surface area contributed by atoms with E-state index in [0.717, 1.165) is 24.5 Å². The zero-order chi connectivity index (χ0) is 17.2. The molecule has 3 aromatic carbocycles. The number of hydrogen-bond donors (Lipinski definition) is 1. The van der Waals surface area contributed by atoms with Crippen LogP contribution in [0.25, 0.3) is 10.8 Å². The fraction of sp³-hybridized carbons (Fsp3) is 0.273. The first-order valence-corrected chi connectivity index (χ1v) is 8.86. The van der Waals surface area contributed by atoms with Crippen LogP contribution in [0.15, 0.2) is 54.6 Å². The Balaban J connectivity index is 1.87. The molecule has 0 amide bonds. The molecule has 0 saturated heterocycles. The molecule has 0 fully saturated rings. The number of ether oxygens (including phenoxy) is 2. The quantitative estimate of drug-likeness (QED) is 0.763. The first-order chi connectivity index (χ1) is 12.3. The summed E-state index contributed by atoms with van der Waals surface area (Å²) in [5.41, 5.74) is 3.93. The van der Waals surface area contributed by atoms with Crippen molar-refractivity contribution in [3.8, 4) is 11.5 Å². The van der Waals surface area contributed by atoms with Crippen molar-refractivity contribution < 1.29 is 9.47 Å². The number of hydrogen-bond acceptors (Lipinski definition) is 3. The van der Waals surface area contributed by atoms with Crippen molar-refractivity contribution in [3.05, 3.63) is 71.3 Å². The van der Waals surface area contributed by atoms with Crippen molar-refractivity contribution in [1.29, 1.82) is 0 Å². The Labute approximate surface area is 148 Å². The minimum absolute atomic E-state index is 0.167. The number of fused-ring (bicyclic) bond motifs is 2. The molecular weight excluding hydrogens is 310 g/mol. The van der Waals surface area contributed by atoms with Crippen molar-refractivity contribution in [2.24, 2.45) is 0 Å². The average Bonchev–Trinajstić information content (AvgIpc) is 2.67. The standard InChI is InChI=1S/C22H23NO2/c1-3-25-21-14-19-16(13-20(21)24-2)11-12-23-22(19)18-10-6-8-15-7-4-5-9-17(15)18/h4-10,13-14,22-23H,3,11-12H2,1-2H3. The van der Waals surface area contributed by atoms with Crippen LogP contribution in [0.1, 0.15) is 29.7 Å². The first kappa shape index (κ1) is 16.0. The van der Waals surface area contributed by atoms with Gasteiger partial charge in [0.05, 0.1) is 19.8 Å². The summed E-state index contributed by atoms with van der Waals surface area (Å²) in [5, 5.41) is 6.26. The lowest BCUT2D eigenvalue weighted by atomic mass is 9.87. The van der Waals surface area contributed by atoms with Gasteiger partial charge >= 0.3 is 0 Å². The monoisotopic (exact) mass is 333 g/mol. The third-order valence-electron chi connectivity index (χ3n) is 4.91. The Bertz CT molecular complexity index is 898. The van der Waals surface area contributed by atoms with Crippen LogP contribution in [-0.4, -0.2) is 20.3 Å². The number of nitrogens with one attached hydrogen (secondary N) is 1. The Morgan fingerprint density at radius 2 is 1.84 bits per heavy atom. The largest absolute Gasteiger partial charge is 0.493 e. The van der Waals surface area contributed by atoms with Crippen LogP contribution in [0.2, 0.25) is 0 Å². The summed E-state index contributed by atoms with van der Waals surface area (Å²) >= 11 is 0. The van der Waals surface area contributed by atoms with E-state index in [1.54, 1.807) is 7.11 Å². The molecule has 0 bridgehead atoms. The minimum atomic E-state index is 0.167. The molecule has 1 unspecified atom stereocenters. The Hall–Kier alpha value is -2.52. The Morgan fingerprint density at radius 1 is 1.00 bits per heavy atom. The van der Waals surface area contributed by atoms with E-state index in [4.69, 9.17) is 9.47 Å². The van der Waals surface area contributed by atoms with Crippen LogP contribution in [-0.2, 0) is 6.42 Å². The minimum Gasteiger partial charge on any atom is -0.493 e. The van der Waals surface area contributed by atoms with E-state index >= 15 is 0 Å². The number of methoxy groups -OCH3 is 1. The lowest BCUT2D eigenvalue weighted by Crippen LogP contribution is -2.30. The molecule has 1 aliphatic heterocycles. The lowest BCUT2D eigenvalue weighted by Gasteiger charge is -2.29. The molecule has 128 valence electrons. The van der Waals surface area contributed by atoms with Gasteiger partial charge in [0.1, 0.15) is 0 Å². The summed E-state index contributed by atoms with van der Waals surface area (Å²) in [6, 6.07) is 19.6. The summed E-state index contributed by atoms with van der Waals surface area (Å²) in [4.78, 5) is 0. The predicted molar refractivity (Wildman–Crippen MR) is 102 cm³/mol. The second-order valence-electron chi connectivity index (χ2n) is 6.34. The maximum absolute atomic E-state index is 5.81. The summed E-state index contributed by atoms with van der Waals surface area (Å²) in [6.45, 7) is 3.58. The van der Waals surface area contributed by atoms with Gasteiger partial charge < -0.3 is 14.8 Å². The van der Waals surface area contributed by atoms with Crippen LogP contribution in [0, 0.1) is 0 Å². The Kier molecular flexibility index (Phi) is 4.33. The van der Waals surface area contributed by atoms with Gasteiger partial charge in [0.15, 0.2) is 11.5 Å². The SMILES string of the molecule is CCOc1cc2c(cc1OC)CCNC2c1cccc2ccccc12. The van der Waals surface area contributed by atoms with Gasteiger partial charge in [0, 0.05) is 6.54 Å². The van der Waals surface area contributed by atoms with Gasteiger partial charge in [-0.2, -0.15) is 0 Å². The second kappa shape index (κ2) is 6.77. The number of benzene rings is 3. The van der Waals surface area contributed by atoms with Gasteiger partial charge in [0.25, 0.3) is 0 Å². The van der Waals surface area contributed by atoms with Crippen molar-refractivity contribution >= 4 is 10.8 Å². The fourth-order valence-electron chi connectivity index (χ4n) is 3.77. The fourth-order valence-corrected chi connectivity index (χ4v) is 3.77.